The van der Waals surface area contributed by atoms with Gasteiger partial charge in [0.05, 0.1) is 12.2 Å². The zero-order valence-corrected chi connectivity index (χ0v) is 15.5. The lowest BCUT2D eigenvalue weighted by Gasteiger charge is -2.33. The third-order valence-corrected chi connectivity index (χ3v) is 4.80. The van der Waals surface area contributed by atoms with Crippen LogP contribution in [-0.4, -0.2) is 36.5 Å². The Labute approximate surface area is 147 Å². The van der Waals surface area contributed by atoms with E-state index in [0.717, 1.165) is 41.7 Å². The molecule has 22 heavy (non-hydrogen) atoms. The number of nitrogens with one attached hydrogen (secondary N) is 1. The maximum atomic E-state index is 12.1. The van der Waals surface area contributed by atoms with Gasteiger partial charge in [0.2, 0.25) is 5.91 Å². The van der Waals surface area contributed by atoms with Crippen molar-refractivity contribution in [1.82, 2.24) is 4.90 Å². The maximum Gasteiger partial charge on any atom is 0.238 e. The summed E-state index contributed by atoms with van der Waals surface area (Å²) >= 11 is 3.48. The number of amides is 1. The Kier molecular flexibility index (Phi) is 7.83. The van der Waals surface area contributed by atoms with Crippen molar-refractivity contribution in [3.8, 4) is 0 Å². The minimum atomic E-state index is 0. The van der Waals surface area contributed by atoms with Crippen LogP contribution in [0.3, 0.4) is 0 Å². The van der Waals surface area contributed by atoms with Gasteiger partial charge in [-0.25, -0.2) is 0 Å². The number of likely N-dealkylation sites (tertiary alicyclic amines) is 1. The average Bonchev–Trinajstić information content (AvgIpc) is 2.42. The van der Waals surface area contributed by atoms with Gasteiger partial charge in [-0.05, 0) is 79.3 Å². The first kappa shape index (κ1) is 19.4. The van der Waals surface area contributed by atoms with Crippen molar-refractivity contribution in [1.29, 1.82) is 0 Å². The highest BCUT2D eigenvalue weighted by Crippen LogP contribution is 2.24. The van der Waals surface area contributed by atoms with Crippen LogP contribution >= 0.6 is 28.3 Å². The molecule has 4 nitrogen and oxygen atoms in total. The molecule has 0 aromatic heterocycles. The highest BCUT2D eigenvalue weighted by molar-refractivity contribution is 9.10. The lowest BCUT2D eigenvalue weighted by atomic mass is 9.91. The van der Waals surface area contributed by atoms with Gasteiger partial charge < -0.3 is 11.1 Å². The highest BCUT2D eigenvalue weighted by atomic mass is 79.9. The molecule has 1 fully saturated rings. The Hall–Kier alpha value is -0.620. The highest BCUT2D eigenvalue weighted by Gasteiger charge is 2.23. The number of rotatable bonds is 4. The van der Waals surface area contributed by atoms with Crippen LogP contribution in [0.1, 0.15) is 25.3 Å². The van der Waals surface area contributed by atoms with E-state index < -0.39 is 0 Å². The molecule has 1 saturated heterocycles. The summed E-state index contributed by atoms with van der Waals surface area (Å²) in [6.45, 7) is 6.45. The molecule has 1 amide bonds. The number of carbonyl (C=O) groups is 1. The Balaban J connectivity index is 0.00000242. The van der Waals surface area contributed by atoms with E-state index in [1.54, 1.807) is 0 Å². The van der Waals surface area contributed by atoms with Crippen molar-refractivity contribution in [2.24, 2.45) is 11.7 Å². The fourth-order valence-corrected chi connectivity index (χ4v) is 3.34. The van der Waals surface area contributed by atoms with Crippen LogP contribution in [0.5, 0.6) is 0 Å². The second-order valence-electron chi connectivity index (χ2n) is 6.00. The second kappa shape index (κ2) is 8.87. The fraction of sp³-hybridized carbons (Fsp3) is 0.562. The molecule has 0 saturated carbocycles. The van der Waals surface area contributed by atoms with Crippen LogP contribution in [0.2, 0.25) is 0 Å². The zero-order valence-electron chi connectivity index (χ0n) is 13.1. The monoisotopic (exact) mass is 389 g/mol. The number of piperidine rings is 1. The second-order valence-corrected chi connectivity index (χ2v) is 6.86. The number of benzene rings is 1. The van der Waals surface area contributed by atoms with Crippen LogP contribution in [-0.2, 0) is 4.79 Å². The van der Waals surface area contributed by atoms with Crippen LogP contribution in [0, 0.1) is 12.8 Å². The van der Waals surface area contributed by atoms with E-state index in [2.05, 4.69) is 33.1 Å². The number of hydrogen-bond acceptors (Lipinski definition) is 3. The van der Waals surface area contributed by atoms with Crippen molar-refractivity contribution < 1.29 is 4.79 Å². The predicted octanol–water partition coefficient (Wildman–Crippen LogP) is 3.18. The summed E-state index contributed by atoms with van der Waals surface area (Å²) in [7, 11) is 0. The molecular formula is C16H25BrClN3O. The molecule has 1 heterocycles. The number of nitrogens with zero attached hydrogens (tertiary/aromatic N) is 1. The fourth-order valence-electron chi connectivity index (χ4n) is 2.75. The smallest absolute Gasteiger partial charge is 0.238 e. The SMILES string of the molecule is Cc1ccc(NC(=O)CN2CCC(C(C)N)CC2)c(Br)c1.Cl. The molecule has 0 bridgehead atoms. The van der Waals surface area contributed by atoms with Gasteiger partial charge in [-0.2, -0.15) is 0 Å². The number of aryl methyl sites for hydroxylation is 1. The Morgan fingerprint density at radius 2 is 2.09 bits per heavy atom. The first-order chi connectivity index (χ1) is 9.95. The average molecular weight is 391 g/mol. The molecule has 1 aromatic rings. The number of halogens is 2. The van der Waals surface area contributed by atoms with Crippen molar-refractivity contribution in [3.05, 3.63) is 28.2 Å². The largest absolute Gasteiger partial charge is 0.328 e. The lowest BCUT2D eigenvalue weighted by molar-refractivity contribution is -0.117. The predicted molar refractivity (Wildman–Crippen MR) is 97.6 cm³/mol. The van der Waals surface area contributed by atoms with E-state index in [1.165, 1.54) is 0 Å². The van der Waals surface area contributed by atoms with Crippen molar-refractivity contribution in [2.45, 2.75) is 32.7 Å². The molecule has 1 unspecified atom stereocenters. The molecule has 1 aliphatic rings. The molecule has 1 aromatic carbocycles. The van der Waals surface area contributed by atoms with E-state index in [0.29, 0.717) is 12.5 Å². The number of carbonyl (C=O) groups excluding carboxylic acids is 1. The van der Waals surface area contributed by atoms with Crippen molar-refractivity contribution >= 4 is 39.9 Å². The number of hydrogen-bond donors (Lipinski definition) is 2. The van der Waals surface area contributed by atoms with E-state index in [1.807, 2.05) is 25.1 Å². The van der Waals surface area contributed by atoms with Gasteiger partial charge in [0.1, 0.15) is 0 Å². The van der Waals surface area contributed by atoms with Crippen LogP contribution in [0.4, 0.5) is 5.69 Å². The summed E-state index contributed by atoms with van der Waals surface area (Å²) in [6, 6.07) is 6.18. The third kappa shape index (κ3) is 5.54. The molecule has 2 rings (SSSR count). The molecule has 0 aliphatic carbocycles. The van der Waals surface area contributed by atoms with E-state index in [-0.39, 0.29) is 24.4 Å². The van der Waals surface area contributed by atoms with E-state index in [9.17, 15) is 4.79 Å². The van der Waals surface area contributed by atoms with Gasteiger partial charge >= 0.3 is 0 Å². The molecular weight excluding hydrogens is 366 g/mol. The molecule has 6 heteroatoms. The lowest BCUT2D eigenvalue weighted by Crippen LogP contribution is -2.42. The van der Waals surface area contributed by atoms with Crippen LogP contribution in [0.15, 0.2) is 22.7 Å². The molecule has 1 aliphatic heterocycles. The van der Waals surface area contributed by atoms with Crippen molar-refractivity contribution in [3.63, 3.8) is 0 Å². The summed E-state index contributed by atoms with van der Waals surface area (Å²) in [5, 5.41) is 2.97. The topological polar surface area (TPSA) is 58.4 Å². The Morgan fingerprint density at radius 3 is 2.64 bits per heavy atom. The molecule has 0 radical (unpaired) electrons. The minimum absolute atomic E-state index is 0. The summed E-state index contributed by atoms with van der Waals surface area (Å²) < 4.78 is 0.923. The molecule has 1 atom stereocenters. The van der Waals surface area contributed by atoms with Crippen LogP contribution in [0.25, 0.3) is 0 Å². The minimum Gasteiger partial charge on any atom is -0.328 e. The number of nitrogens with two attached hydrogens (primary N) is 1. The van der Waals surface area contributed by atoms with Crippen LogP contribution < -0.4 is 11.1 Å². The van der Waals surface area contributed by atoms with Gasteiger partial charge in [-0.15, -0.1) is 12.4 Å². The Bertz CT molecular complexity index is 502. The maximum absolute atomic E-state index is 12.1. The van der Waals surface area contributed by atoms with E-state index in [4.69, 9.17) is 5.73 Å². The van der Waals surface area contributed by atoms with E-state index >= 15 is 0 Å². The normalized spacial score (nSPS) is 17.6. The molecule has 3 N–H and O–H groups in total. The summed E-state index contributed by atoms with van der Waals surface area (Å²) in [5.74, 6) is 0.634. The van der Waals surface area contributed by atoms with Gasteiger partial charge in [-0.1, -0.05) is 6.07 Å². The van der Waals surface area contributed by atoms with Gasteiger partial charge in [0.25, 0.3) is 0 Å². The molecule has 124 valence electrons. The number of anilines is 1. The summed E-state index contributed by atoms with van der Waals surface area (Å²) in [4.78, 5) is 14.3. The third-order valence-electron chi connectivity index (χ3n) is 4.14. The van der Waals surface area contributed by atoms with Crippen molar-refractivity contribution in [2.75, 3.05) is 25.0 Å². The standard InChI is InChI=1S/C16H24BrN3O.ClH/c1-11-3-4-15(14(17)9-11)19-16(21)10-20-7-5-13(6-8-20)12(2)18;/h3-4,9,12-13H,5-8,10,18H2,1-2H3,(H,19,21);1H. The first-order valence-corrected chi connectivity index (χ1v) is 8.29. The van der Waals surface area contributed by atoms with Gasteiger partial charge in [0, 0.05) is 10.5 Å². The van der Waals surface area contributed by atoms with Gasteiger partial charge in [0.15, 0.2) is 0 Å². The zero-order chi connectivity index (χ0) is 15.4. The summed E-state index contributed by atoms with van der Waals surface area (Å²) in [6.07, 6.45) is 2.17. The Morgan fingerprint density at radius 1 is 1.45 bits per heavy atom. The summed E-state index contributed by atoms with van der Waals surface area (Å²) in [5.41, 5.74) is 7.94. The quantitative estimate of drug-likeness (QED) is 0.830. The first-order valence-electron chi connectivity index (χ1n) is 7.49. The van der Waals surface area contributed by atoms with Gasteiger partial charge in [-0.3, -0.25) is 9.69 Å². The molecule has 0 spiro atoms.